The van der Waals surface area contributed by atoms with E-state index in [-0.39, 0.29) is 5.82 Å². The largest absolute Gasteiger partial charge is 0.421 e. The molecule has 0 unspecified atom stereocenters. The van der Waals surface area contributed by atoms with E-state index in [1.165, 1.54) is 6.07 Å². The lowest BCUT2D eigenvalue weighted by Crippen LogP contribution is -1.85. The number of alkyl halides is 1. The van der Waals surface area contributed by atoms with Crippen LogP contribution >= 0.6 is 11.6 Å². The van der Waals surface area contributed by atoms with Gasteiger partial charge in [0.15, 0.2) is 0 Å². The minimum atomic E-state index is -0.258. The van der Waals surface area contributed by atoms with E-state index in [0.717, 1.165) is 17.4 Å². The quantitative estimate of drug-likeness (QED) is 0.676. The first-order valence-electron chi connectivity index (χ1n) is 6.35. The van der Waals surface area contributed by atoms with E-state index in [4.69, 9.17) is 16.0 Å². The molecule has 0 N–H and O–H groups in total. The zero-order valence-corrected chi connectivity index (χ0v) is 11.4. The molecule has 1 aromatic heterocycles. The Morgan fingerprint density at radius 3 is 2.65 bits per heavy atom. The zero-order chi connectivity index (χ0) is 13.9. The van der Waals surface area contributed by atoms with E-state index >= 15 is 0 Å². The first-order chi connectivity index (χ1) is 9.79. The highest BCUT2D eigenvalue weighted by molar-refractivity contribution is 6.17. The van der Waals surface area contributed by atoms with E-state index < -0.39 is 0 Å². The lowest BCUT2D eigenvalue weighted by molar-refractivity contribution is 0.503. The number of fused-ring (bicyclic) bond motifs is 1. The number of aromatic nitrogens is 2. The Balaban J connectivity index is 2.06. The molecule has 0 saturated carbocycles. The van der Waals surface area contributed by atoms with Crippen molar-refractivity contribution in [3.8, 4) is 11.5 Å². The van der Waals surface area contributed by atoms with Crippen molar-refractivity contribution >= 4 is 22.4 Å². The Bertz CT molecular complexity index is 742. The molecule has 0 aliphatic carbocycles. The van der Waals surface area contributed by atoms with Crippen molar-refractivity contribution in [2.75, 3.05) is 5.88 Å². The highest BCUT2D eigenvalue weighted by atomic mass is 35.5. The SMILES string of the molecule is Fc1ccc(-c2nnc(CCCCl)o2)c2ccccc12. The van der Waals surface area contributed by atoms with E-state index in [0.29, 0.717) is 29.5 Å². The van der Waals surface area contributed by atoms with Gasteiger partial charge in [-0.3, -0.25) is 0 Å². The Kier molecular flexibility index (Phi) is 3.65. The minimum absolute atomic E-state index is 0.258. The molecule has 0 fully saturated rings. The fourth-order valence-electron chi connectivity index (χ4n) is 2.13. The van der Waals surface area contributed by atoms with Crippen molar-refractivity contribution in [1.82, 2.24) is 10.2 Å². The highest BCUT2D eigenvalue weighted by Gasteiger charge is 2.13. The number of hydrogen-bond donors (Lipinski definition) is 0. The monoisotopic (exact) mass is 290 g/mol. The van der Waals surface area contributed by atoms with Gasteiger partial charge < -0.3 is 4.42 Å². The van der Waals surface area contributed by atoms with Gasteiger partial charge >= 0.3 is 0 Å². The van der Waals surface area contributed by atoms with Gasteiger partial charge in [-0.25, -0.2) is 4.39 Å². The molecule has 0 atom stereocenters. The summed E-state index contributed by atoms with van der Waals surface area (Å²) in [4.78, 5) is 0. The fourth-order valence-corrected chi connectivity index (χ4v) is 2.26. The normalized spacial score (nSPS) is 11.1. The van der Waals surface area contributed by atoms with Gasteiger partial charge in [0.05, 0.1) is 0 Å². The molecule has 0 bridgehead atoms. The maximum absolute atomic E-state index is 13.8. The Labute approximate surface area is 120 Å². The van der Waals surface area contributed by atoms with E-state index in [1.807, 2.05) is 12.1 Å². The summed E-state index contributed by atoms with van der Waals surface area (Å²) in [6.45, 7) is 0. The van der Waals surface area contributed by atoms with Gasteiger partial charge in [0.2, 0.25) is 11.8 Å². The van der Waals surface area contributed by atoms with E-state index in [2.05, 4.69) is 10.2 Å². The molecule has 0 amide bonds. The van der Waals surface area contributed by atoms with Crippen LogP contribution in [0.15, 0.2) is 40.8 Å². The maximum Gasteiger partial charge on any atom is 0.248 e. The van der Waals surface area contributed by atoms with E-state index in [1.54, 1.807) is 18.2 Å². The number of nitrogens with zero attached hydrogens (tertiary/aromatic N) is 2. The van der Waals surface area contributed by atoms with Crippen molar-refractivity contribution in [3.05, 3.63) is 48.1 Å². The van der Waals surface area contributed by atoms with Crippen molar-refractivity contribution in [1.29, 1.82) is 0 Å². The highest BCUT2D eigenvalue weighted by Crippen LogP contribution is 2.29. The van der Waals surface area contributed by atoms with Crippen molar-refractivity contribution < 1.29 is 8.81 Å². The summed E-state index contributed by atoms with van der Waals surface area (Å²) in [7, 11) is 0. The Morgan fingerprint density at radius 2 is 1.85 bits per heavy atom. The van der Waals surface area contributed by atoms with Gasteiger partial charge in [-0.15, -0.1) is 21.8 Å². The van der Waals surface area contributed by atoms with Gasteiger partial charge in [0, 0.05) is 23.3 Å². The summed E-state index contributed by atoms with van der Waals surface area (Å²) in [5.74, 6) is 1.25. The third-order valence-corrected chi connectivity index (χ3v) is 3.36. The predicted molar refractivity (Wildman–Crippen MR) is 76.2 cm³/mol. The van der Waals surface area contributed by atoms with Crippen LogP contribution in [0.25, 0.3) is 22.2 Å². The topological polar surface area (TPSA) is 38.9 Å². The summed E-state index contributed by atoms with van der Waals surface area (Å²) in [5, 5.41) is 9.34. The van der Waals surface area contributed by atoms with Crippen LogP contribution in [-0.2, 0) is 6.42 Å². The van der Waals surface area contributed by atoms with Crippen LogP contribution in [0.4, 0.5) is 4.39 Å². The summed E-state index contributed by atoms with van der Waals surface area (Å²) >= 11 is 5.64. The predicted octanol–water partition coefficient (Wildman–Crippen LogP) is 4.20. The summed E-state index contributed by atoms with van der Waals surface area (Å²) in [5.41, 5.74) is 0.742. The fraction of sp³-hybridized carbons (Fsp3) is 0.200. The second-order valence-electron chi connectivity index (χ2n) is 4.43. The third kappa shape index (κ3) is 2.39. The van der Waals surface area contributed by atoms with Crippen molar-refractivity contribution in [2.24, 2.45) is 0 Å². The molecule has 0 aliphatic rings. The molecule has 1 heterocycles. The Hall–Kier alpha value is -1.94. The van der Waals surface area contributed by atoms with Gasteiger partial charge in [0.1, 0.15) is 5.82 Å². The molecule has 0 saturated heterocycles. The van der Waals surface area contributed by atoms with Gasteiger partial charge in [0.25, 0.3) is 0 Å². The van der Waals surface area contributed by atoms with Crippen LogP contribution in [0.5, 0.6) is 0 Å². The van der Waals surface area contributed by atoms with Crippen LogP contribution in [0.3, 0.4) is 0 Å². The number of hydrogen-bond acceptors (Lipinski definition) is 3. The van der Waals surface area contributed by atoms with E-state index in [9.17, 15) is 4.39 Å². The Morgan fingerprint density at radius 1 is 1.05 bits per heavy atom. The van der Waals surface area contributed by atoms with Crippen LogP contribution in [0.1, 0.15) is 12.3 Å². The summed E-state index contributed by atoms with van der Waals surface area (Å²) in [6.07, 6.45) is 1.43. The van der Waals surface area contributed by atoms with Gasteiger partial charge in [-0.05, 0) is 23.9 Å². The molecule has 3 aromatic rings. The number of benzene rings is 2. The lowest BCUT2D eigenvalue weighted by atomic mass is 10.0. The maximum atomic E-state index is 13.8. The standard InChI is InChI=1S/C15H12ClFN2O/c16-9-3-6-14-18-19-15(20-14)12-7-8-13(17)11-5-2-1-4-10(11)12/h1-2,4-5,7-8H,3,6,9H2. The third-order valence-electron chi connectivity index (χ3n) is 3.09. The van der Waals surface area contributed by atoms with Crippen LogP contribution in [0, 0.1) is 5.82 Å². The van der Waals surface area contributed by atoms with Crippen LogP contribution < -0.4 is 0 Å². The summed E-state index contributed by atoms with van der Waals surface area (Å²) < 4.78 is 19.4. The molecule has 3 rings (SSSR count). The molecule has 0 radical (unpaired) electrons. The number of halogens is 2. The summed E-state index contributed by atoms with van der Waals surface area (Å²) in [6, 6.07) is 10.3. The van der Waals surface area contributed by atoms with Crippen molar-refractivity contribution in [3.63, 3.8) is 0 Å². The number of aryl methyl sites for hydroxylation is 1. The minimum Gasteiger partial charge on any atom is -0.421 e. The van der Waals surface area contributed by atoms with Gasteiger partial charge in [-0.1, -0.05) is 24.3 Å². The van der Waals surface area contributed by atoms with Gasteiger partial charge in [-0.2, -0.15) is 0 Å². The molecule has 102 valence electrons. The van der Waals surface area contributed by atoms with Crippen LogP contribution in [0.2, 0.25) is 0 Å². The molecule has 2 aromatic carbocycles. The molecule has 20 heavy (non-hydrogen) atoms. The zero-order valence-electron chi connectivity index (χ0n) is 10.6. The molecule has 3 nitrogen and oxygen atoms in total. The lowest BCUT2D eigenvalue weighted by Gasteiger charge is -2.03. The average molecular weight is 291 g/mol. The van der Waals surface area contributed by atoms with Crippen molar-refractivity contribution in [2.45, 2.75) is 12.8 Å². The molecule has 0 spiro atoms. The second-order valence-corrected chi connectivity index (χ2v) is 4.81. The second kappa shape index (κ2) is 5.59. The molecular formula is C15H12ClFN2O. The molecule has 5 heteroatoms. The first-order valence-corrected chi connectivity index (χ1v) is 6.89. The molecular weight excluding hydrogens is 279 g/mol. The number of rotatable bonds is 4. The smallest absolute Gasteiger partial charge is 0.248 e. The molecule has 0 aliphatic heterocycles. The average Bonchev–Trinajstić information content (AvgIpc) is 2.94. The first kappa shape index (κ1) is 13.1. The van der Waals surface area contributed by atoms with Crippen LogP contribution in [-0.4, -0.2) is 16.1 Å².